The quantitative estimate of drug-likeness (QED) is 0.526. The predicted octanol–water partition coefficient (Wildman–Crippen LogP) is 1.95. The lowest BCUT2D eigenvalue weighted by molar-refractivity contribution is 0.0949. The smallest absolute Gasteiger partial charge is 0.270 e. The highest BCUT2D eigenvalue weighted by Crippen LogP contribution is 2.18. The Hall–Kier alpha value is -3.88. The lowest BCUT2D eigenvalue weighted by Gasteiger charge is -2.07. The summed E-state index contributed by atoms with van der Waals surface area (Å²) in [5.74, 6) is 1.39. The molecule has 3 N–H and O–H groups in total. The summed E-state index contributed by atoms with van der Waals surface area (Å²) in [6, 6.07) is 12.7. The Balaban J connectivity index is 1.47. The molecule has 1 aromatic carbocycles. The number of hydrogen-bond acceptors (Lipinski definition) is 7. The summed E-state index contributed by atoms with van der Waals surface area (Å²) in [5, 5.41) is 7.09. The molecule has 0 aliphatic carbocycles. The van der Waals surface area contributed by atoms with Gasteiger partial charge in [-0.15, -0.1) is 5.10 Å². The first kappa shape index (κ1) is 17.5. The second kappa shape index (κ2) is 7.39. The van der Waals surface area contributed by atoms with Crippen LogP contribution in [0.5, 0.6) is 5.75 Å². The molecule has 0 radical (unpaired) electrons. The summed E-state index contributed by atoms with van der Waals surface area (Å²) in [5.41, 5.74) is 7.59. The Labute approximate surface area is 160 Å². The van der Waals surface area contributed by atoms with Gasteiger partial charge in [0.2, 0.25) is 11.8 Å². The van der Waals surface area contributed by atoms with Gasteiger partial charge < -0.3 is 20.2 Å². The van der Waals surface area contributed by atoms with Crippen LogP contribution in [0.25, 0.3) is 17.2 Å². The lowest BCUT2D eigenvalue weighted by atomic mass is 10.1. The average molecular weight is 378 g/mol. The molecule has 0 unspecified atom stereocenters. The fraction of sp³-hybridized carbons (Fsp3) is 0.158. The van der Waals surface area contributed by atoms with Crippen LogP contribution in [-0.4, -0.2) is 39.1 Å². The van der Waals surface area contributed by atoms with Crippen molar-refractivity contribution >= 4 is 17.5 Å². The molecule has 0 aliphatic heterocycles. The van der Waals surface area contributed by atoms with Crippen molar-refractivity contribution in [3.63, 3.8) is 0 Å². The monoisotopic (exact) mass is 378 g/mol. The van der Waals surface area contributed by atoms with Gasteiger partial charge >= 0.3 is 0 Å². The number of ether oxygens (including phenoxy) is 1. The third-order valence-corrected chi connectivity index (χ3v) is 4.16. The number of furan rings is 1. The molecular formula is C19H18N6O3. The van der Waals surface area contributed by atoms with Crippen molar-refractivity contribution in [3.05, 3.63) is 60.0 Å². The normalized spacial score (nSPS) is 10.9. The minimum absolute atomic E-state index is 0.0701. The molecule has 3 aromatic heterocycles. The summed E-state index contributed by atoms with van der Waals surface area (Å²) >= 11 is 0. The third-order valence-electron chi connectivity index (χ3n) is 4.16. The van der Waals surface area contributed by atoms with Gasteiger partial charge in [-0.2, -0.15) is 4.52 Å². The second-order valence-electron chi connectivity index (χ2n) is 6.04. The zero-order chi connectivity index (χ0) is 19.5. The van der Waals surface area contributed by atoms with Crippen LogP contribution in [0.3, 0.4) is 0 Å². The van der Waals surface area contributed by atoms with Gasteiger partial charge in [0.15, 0.2) is 11.4 Å². The van der Waals surface area contributed by atoms with E-state index in [1.807, 2.05) is 24.3 Å². The molecule has 0 saturated carbocycles. The molecular weight excluding hydrogens is 360 g/mol. The van der Waals surface area contributed by atoms with Gasteiger partial charge in [0, 0.05) is 12.6 Å². The molecule has 28 heavy (non-hydrogen) atoms. The Bertz CT molecular complexity index is 1120. The van der Waals surface area contributed by atoms with Crippen molar-refractivity contribution in [1.82, 2.24) is 24.9 Å². The number of fused-ring (bicyclic) bond motifs is 1. The van der Waals surface area contributed by atoms with E-state index < -0.39 is 0 Å². The van der Waals surface area contributed by atoms with Crippen LogP contribution in [0.4, 0.5) is 5.95 Å². The number of nitrogens with two attached hydrogens (primary N) is 1. The SMILES string of the molecule is COc1cccc(CCNC(=O)c2cc3nc(-c4ccco4)nn3c(N)n2)c1. The van der Waals surface area contributed by atoms with E-state index in [0.717, 1.165) is 11.3 Å². The molecule has 0 aliphatic rings. The number of nitrogen functional groups attached to an aromatic ring is 1. The lowest BCUT2D eigenvalue weighted by Crippen LogP contribution is -2.27. The number of aromatic nitrogens is 4. The highest BCUT2D eigenvalue weighted by molar-refractivity contribution is 5.93. The first-order chi connectivity index (χ1) is 13.6. The van der Waals surface area contributed by atoms with Crippen LogP contribution in [-0.2, 0) is 6.42 Å². The van der Waals surface area contributed by atoms with Crippen LogP contribution in [0.2, 0.25) is 0 Å². The molecule has 9 heteroatoms. The van der Waals surface area contributed by atoms with E-state index in [9.17, 15) is 4.79 Å². The van der Waals surface area contributed by atoms with E-state index in [4.69, 9.17) is 14.9 Å². The summed E-state index contributed by atoms with van der Waals surface area (Å²) < 4.78 is 11.9. The maximum atomic E-state index is 12.5. The number of methoxy groups -OCH3 is 1. The highest BCUT2D eigenvalue weighted by Gasteiger charge is 2.15. The molecule has 1 amide bonds. The van der Waals surface area contributed by atoms with E-state index in [2.05, 4.69) is 20.4 Å². The summed E-state index contributed by atoms with van der Waals surface area (Å²) in [4.78, 5) is 20.9. The minimum Gasteiger partial charge on any atom is -0.497 e. The molecule has 9 nitrogen and oxygen atoms in total. The summed E-state index contributed by atoms with van der Waals surface area (Å²) in [6.45, 7) is 0.448. The van der Waals surface area contributed by atoms with Crippen molar-refractivity contribution in [3.8, 4) is 17.3 Å². The third kappa shape index (κ3) is 3.50. The van der Waals surface area contributed by atoms with Crippen LogP contribution >= 0.6 is 0 Å². The number of carbonyl (C=O) groups excluding carboxylic acids is 1. The van der Waals surface area contributed by atoms with Gasteiger partial charge in [-0.25, -0.2) is 9.97 Å². The number of carbonyl (C=O) groups is 1. The molecule has 0 bridgehead atoms. The van der Waals surface area contributed by atoms with Crippen LogP contribution in [0.15, 0.2) is 53.1 Å². The van der Waals surface area contributed by atoms with Gasteiger partial charge in [-0.05, 0) is 36.2 Å². The maximum Gasteiger partial charge on any atom is 0.270 e. The highest BCUT2D eigenvalue weighted by atomic mass is 16.5. The molecule has 3 heterocycles. The molecule has 0 saturated heterocycles. The van der Waals surface area contributed by atoms with Crippen LogP contribution in [0.1, 0.15) is 16.1 Å². The van der Waals surface area contributed by atoms with E-state index in [-0.39, 0.29) is 17.5 Å². The molecule has 0 atom stereocenters. The predicted molar refractivity (Wildman–Crippen MR) is 102 cm³/mol. The second-order valence-corrected chi connectivity index (χ2v) is 6.04. The van der Waals surface area contributed by atoms with E-state index in [0.29, 0.717) is 30.2 Å². The van der Waals surface area contributed by atoms with Gasteiger partial charge in [0.1, 0.15) is 11.4 Å². The van der Waals surface area contributed by atoms with E-state index in [1.54, 1.807) is 19.2 Å². The fourth-order valence-electron chi connectivity index (χ4n) is 2.78. The Morgan fingerprint density at radius 1 is 1.25 bits per heavy atom. The number of benzene rings is 1. The summed E-state index contributed by atoms with van der Waals surface area (Å²) in [6.07, 6.45) is 2.19. The number of hydrogen-bond donors (Lipinski definition) is 2. The van der Waals surface area contributed by atoms with Crippen LogP contribution in [0, 0.1) is 0 Å². The zero-order valence-corrected chi connectivity index (χ0v) is 15.1. The van der Waals surface area contributed by atoms with Crippen molar-refractivity contribution < 1.29 is 13.9 Å². The van der Waals surface area contributed by atoms with Gasteiger partial charge in [0.05, 0.1) is 13.4 Å². The number of rotatable bonds is 6. The fourth-order valence-corrected chi connectivity index (χ4v) is 2.78. The Kier molecular flexibility index (Phi) is 4.63. The van der Waals surface area contributed by atoms with Crippen molar-refractivity contribution in [1.29, 1.82) is 0 Å². The molecule has 4 rings (SSSR count). The van der Waals surface area contributed by atoms with E-state index >= 15 is 0 Å². The minimum atomic E-state index is -0.334. The number of anilines is 1. The number of amides is 1. The maximum absolute atomic E-state index is 12.5. The van der Waals surface area contributed by atoms with Crippen molar-refractivity contribution in [2.24, 2.45) is 0 Å². The van der Waals surface area contributed by atoms with Gasteiger partial charge in [-0.3, -0.25) is 4.79 Å². The first-order valence-corrected chi connectivity index (χ1v) is 8.62. The summed E-state index contributed by atoms with van der Waals surface area (Å²) in [7, 11) is 1.62. The van der Waals surface area contributed by atoms with E-state index in [1.165, 1.54) is 16.8 Å². The van der Waals surface area contributed by atoms with Crippen molar-refractivity contribution in [2.45, 2.75) is 6.42 Å². The molecule has 0 fully saturated rings. The Morgan fingerprint density at radius 2 is 2.14 bits per heavy atom. The first-order valence-electron chi connectivity index (χ1n) is 8.62. The standard InChI is InChI=1S/C19H18N6O3/c1-27-13-5-2-4-12(10-13)7-8-21-18(26)14-11-16-23-17(15-6-3-9-28-15)24-25(16)19(20)22-14/h2-6,9-11H,7-8H2,1H3,(H2,20,22)(H,21,26). The van der Waals surface area contributed by atoms with Gasteiger partial charge in [-0.1, -0.05) is 12.1 Å². The number of nitrogens with zero attached hydrogens (tertiary/aromatic N) is 4. The van der Waals surface area contributed by atoms with Gasteiger partial charge in [0.25, 0.3) is 5.91 Å². The zero-order valence-electron chi connectivity index (χ0n) is 15.1. The average Bonchev–Trinajstić information content (AvgIpc) is 3.37. The van der Waals surface area contributed by atoms with Crippen molar-refractivity contribution in [2.75, 3.05) is 19.4 Å². The topological polar surface area (TPSA) is 121 Å². The van der Waals surface area contributed by atoms with Crippen LogP contribution < -0.4 is 15.8 Å². The largest absolute Gasteiger partial charge is 0.497 e. The molecule has 0 spiro atoms. The molecule has 4 aromatic rings. The number of nitrogens with one attached hydrogen (secondary N) is 1. The molecule has 142 valence electrons. The Morgan fingerprint density at radius 3 is 2.93 bits per heavy atom.